The van der Waals surface area contributed by atoms with Crippen molar-refractivity contribution in [1.82, 2.24) is 10.2 Å². The van der Waals surface area contributed by atoms with E-state index < -0.39 is 12.0 Å². The van der Waals surface area contributed by atoms with Crippen LogP contribution in [0.1, 0.15) is 39.7 Å². The SMILES string of the molecule is O=C(NC(Cc1ccccc1)C(=O)OCC(=O)N1CCCC1c1cccs1)c1ccccc1. The molecule has 1 N–H and O–H groups in total. The predicted octanol–water partition coefficient (Wildman–Crippen LogP) is 4.00. The van der Waals surface area contributed by atoms with Crippen molar-refractivity contribution >= 4 is 29.1 Å². The zero-order valence-electron chi connectivity index (χ0n) is 18.2. The van der Waals surface area contributed by atoms with Crippen LogP contribution in [0.5, 0.6) is 0 Å². The molecular formula is C26H26N2O4S. The third kappa shape index (κ3) is 5.87. The van der Waals surface area contributed by atoms with Crippen LogP contribution in [0.3, 0.4) is 0 Å². The summed E-state index contributed by atoms with van der Waals surface area (Å²) in [5, 5.41) is 4.77. The van der Waals surface area contributed by atoms with Crippen LogP contribution in [0, 0.1) is 0 Å². The van der Waals surface area contributed by atoms with Gasteiger partial charge in [-0.25, -0.2) is 4.79 Å². The van der Waals surface area contributed by atoms with E-state index in [0.29, 0.717) is 12.1 Å². The summed E-state index contributed by atoms with van der Waals surface area (Å²) in [7, 11) is 0. The molecule has 0 radical (unpaired) electrons. The number of nitrogens with one attached hydrogen (secondary N) is 1. The number of hydrogen-bond donors (Lipinski definition) is 1. The molecule has 0 spiro atoms. The fourth-order valence-electron chi connectivity index (χ4n) is 4.03. The lowest BCUT2D eigenvalue weighted by Gasteiger charge is -2.24. The van der Waals surface area contributed by atoms with E-state index in [-0.39, 0.29) is 30.9 Å². The molecule has 2 amide bonds. The van der Waals surface area contributed by atoms with E-state index in [1.54, 1.807) is 40.5 Å². The zero-order valence-corrected chi connectivity index (χ0v) is 19.0. The van der Waals surface area contributed by atoms with Crippen LogP contribution in [0.4, 0.5) is 0 Å². The Morgan fingerprint density at radius 2 is 1.73 bits per heavy atom. The quantitative estimate of drug-likeness (QED) is 0.514. The number of esters is 1. The molecule has 0 aliphatic carbocycles. The molecule has 2 unspecified atom stereocenters. The summed E-state index contributed by atoms with van der Waals surface area (Å²) in [6, 6.07) is 21.3. The molecular weight excluding hydrogens is 436 g/mol. The molecule has 33 heavy (non-hydrogen) atoms. The highest BCUT2D eigenvalue weighted by Crippen LogP contribution is 2.34. The molecule has 170 valence electrons. The summed E-state index contributed by atoms with van der Waals surface area (Å²) >= 11 is 1.63. The number of hydrogen-bond acceptors (Lipinski definition) is 5. The molecule has 2 aromatic carbocycles. The Bertz CT molecular complexity index is 1070. The lowest BCUT2D eigenvalue weighted by molar-refractivity contribution is -0.154. The van der Waals surface area contributed by atoms with Crippen LogP contribution < -0.4 is 5.32 Å². The largest absolute Gasteiger partial charge is 0.454 e. The summed E-state index contributed by atoms with van der Waals surface area (Å²) in [6.45, 7) is 0.310. The van der Waals surface area contributed by atoms with Crippen molar-refractivity contribution in [3.63, 3.8) is 0 Å². The molecule has 1 aromatic heterocycles. The van der Waals surface area contributed by atoms with E-state index in [4.69, 9.17) is 4.74 Å². The van der Waals surface area contributed by atoms with E-state index in [2.05, 4.69) is 5.32 Å². The molecule has 4 rings (SSSR count). The lowest BCUT2D eigenvalue weighted by Crippen LogP contribution is -2.44. The maximum absolute atomic E-state index is 12.9. The van der Waals surface area contributed by atoms with Gasteiger partial charge in [0.15, 0.2) is 6.61 Å². The van der Waals surface area contributed by atoms with Gasteiger partial charge < -0.3 is 15.0 Å². The van der Waals surface area contributed by atoms with Crippen molar-refractivity contribution in [2.75, 3.05) is 13.2 Å². The van der Waals surface area contributed by atoms with Gasteiger partial charge in [0.25, 0.3) is 11.8 Å². The average molecular weight is 463 g/mol. The van der Waals surface area contributed by atoms with E-state index in [0.717, 1.165) is 23.3 Å². The van der Waals surface area contributed by atoms with Crippen LogP contribution in [-0.2, 0) is 20.7 Å². The molecule has 1 fully saturated rings. The number of nitrogens with zero attached hydrogens (tertiary/aromatic N) is 1. The first kappa shape index (κ1) is 22.7. The molecule has 6 nitrogen and oxygen atoms in total. The first-order chi connectivity index (χ1) is 16.1. The first-order valence-electron chi connectivity index (χ1n) is 11.0. The van der Waals surface area contributed by atoms with Gasteiger partial charge in [0.1, 0.15) is 6.04 Å². The van der Waals surface area contributed by atoms with Gasteiger partial charge in [-0.2, -0.15) is 0 Å². The topological polar surface area (TPSA) is 75.7 Å². The number of thiophene rings is 1. The molecule has 2 atom stereocenters. The van der Waals surface area contributed by atoms with E-state index in [1.807, 2.05) is 53.9 Å². The molecule has 3 aromatic rings. The highest BCUT2D eigenvalue weighted by molar-refractivity contribution is 7.10. The van der Waals surface area contributed by atoms with Gasteiger partial charge in [-0.1, -0.05) is 54.6 Å². The van der Waals surface area contributed by atoms with Crippen molar-refractivity contribution in [1.29, 1.82) is 0 Å². The second-order valence-corrected chi connectivity index (χ2v) is 8.93. The Hall–Kier alpha value is -3.45. The van der Waals surface area contributed by atoms with E-state index in [1.165, 1.54) is 0 Å². The summed E-state index contributed by atoms with van der Waals surface area (Å²) in [6.07, 6.45) is 2.10. The standard InChI is InChI=1S/C26H26N2O4S/c29-24(28-15-7-13-22(28)23-14-8-16-33-23)18-32-26(31)21(17-19-9-3-1-4-10-19)27-25(30)20-11-5-2-6-12-20/h1-6,8-12,14,16,21-22H,7,13,15,17-18H2,(H,27,30). The maximum Gasteiger partial charge on any atom is 0.329 e. The molecule has 1 saturated heterocycles. The number of amides is 2. The van der Waals surface area contributed by atoms with Gasteiger partial charge in [-0.3, -0.25) is 9.59 Å². The molecule has 0 bridgehead atoms. The summed E-state index contributed by atoms with van der Waals surface area (Å²) in [5.41, 5.74) is 1.34. The van der Waals surface area contributed by atoms with Crippen molar-refractivity contribution in [2.45, 2.75) is 31.3 Å². The monoisotopic (exact) mass is 462 g/mol. The Morgan fingerprint density at radius 1 is 1.00 bits per heavy atom. The van der Waals surface area contributed by atoms with Crippen LogP contribution >= 0.6 is 11.3 Å². The van der Waals surface area contributed by atoms with Gasteiger partial charge in [0, 0.05) is 23.4 Å². The number of likely N-dealkylation sites (tertiary alicyclic amines) is 1. The minimum absolute atomic E-state index is 0.0362. The van der Waals surface area contributed by atoms with Crippen molar-refractivity contribution in [2.24, 2.45) is 0 Å². The Kier molecular flexibility index (Phi) is 7.52. The number of carbonyl (C=O) groups excluding carboxylic acids is 3. The van der Waals surface area contributed by atoms with Gasteiger partial charge in [0.2, 0.25) is 0 Å². The van der Waals surface area contributed by atoms with Crippen LogP contribution in [0.15, 0.2) is 78.2 Å². The summed E-state index contributed by atoms with van der Waals surface area (Å²) in [5.74, 6) is -1.20. The first-order valence-corrected chi connectivity index (χ1v) is 11.9. The predicted molar refractivity (Wildman–Crippen MR) is 127 cm³/mol. The zero-order chi connectivity index (χ0) is 23.0. The van der Waals surface area contributed by atoms with E-state index in [9.17, 15) is 14.4 Å². The number of ether oxygens (including phenoxy) is 1. The van der Waals surface area contributed by atoms with Gasteiger partial charge >= 0.3 is 5.97 Å². The third-order valence-electron chi connectivity index (χ3n) is 5.69. The van der Waals surface area contributed by atoms with E-state index >= 15 is 0 Å². The fraction of sp³-hybridized carbons (Fsp3) is 0.269. The second-order valence-electron chi connectivity index (χ2n) is 7.95. The van der Waals surface area contributed by atoms with Crippen molar-refractivity contribution < 1.29 is 19.1 Å². The smallest absolute Gasteiger partial charge is 0.329 e. The summed E-state index contributed by atoms with van der Waals surface area (Å²) in [4.78, 5) is 41.4. The third-order valence-corrected chi connectivity index (χ3v) is 6.66. The average Bonchev–Trinajstić information content (AvgIpc) is 3.55. The lowest BCUT2D eigenvalue weighted by atomic mass is 10.1. The maximum atomic E-state index is 12.9. The highest BCUT2D eigenvalue weighted by Gasteiger charge is 2.32. The minimum atomic E-state index is -0.903. The number of rotatable bonds is 8. The molecule has 7 heteroatoms. The van der Waals surface area contributed by atoms with Crippen LogP contribution in [-0.4, -0.2) is 41.9 Å². The Labute approximate surface area is 197 Å². The molecule has 2 heterocycles. The Morgan fingerprint density at radius 3 is 2.42 bits per heavy atom. The van der Waals surface area contributed by atoms with Crippen LogP contribution in [0.2, 0.25) is 0 Å². The van der Waals surface area contributed by atoms with Crippen LogP contribution in [0.25, 0.3) is 0 Å². The fourth-order valence-corrected chi connectivity index (χ4v) is 4.91. The highest BCUT2D eigenvalue weighted by atomic mass is 32.1. The second kappa shape index (κ2) is 10.9. The van der Waals surface area contributed by atoms with Crippen molar-refractivity contribution in [3.8, 4) is 0 Å². The van der Waals surface area contributed by atoms with Gasteiger partial charge in [-0.05, 0) is 42.0 Å². The molecule has 0 saturated carbocycles. The van der Waals surface area contributed by atoms with Gasteiger partial charge in [-0.15, -0.1) is 11.3 Å². The normalized spacial score (nSPS) is 16.2. The van der Waals surface area contributed by atoms with Gasteiger partial charge in [0.05, 0.1) is 6.04 Å². The minimum Gasteiger partial charge on any atom is -0.454 e. The summed E-state index contributed by atoms with van der Waals surface area (Å²) < 4.78 is 5.41. The number of benzene rings is 2. The number of carbonyl (C=O) groups is 3. The molecule has 1 aliphatic rings. The van der Waals surface area contributed by atoms with Crippen molar-refractivity contribution in [3.05, 3.63) is 94.2 Å². The molecule has 1 aliphatic heterocycles. The Balaban J connectivity index is 1.41.